The van der Waals surface area contributed by atoms with Gasteiger partial charge in [0, 0.05) is 20.2 Å². The molecule has 0 fully saturated rings. The molecule has 2 rings (SSSR count). The van der Waals surface area contributed by atoms with Crippen LogP contribution in [0.25, 0.3) is 0 Å². The third-order valence-electron chi connectivity index (χ3n) is 2.17. The lowest BCUT2D eigenvalue weighted by atomic mass is 10.3. The molecule has 2 heterocycles. The highest BCUT2D eigenvalue weighted by Gasteiger charge is 2.15. The summed E-state index contributed by atoms with van der Waals surface area (Å²) in [6, 6.07) is 1.97. The van der Waals surface area contributed by atoms with Gasteiger partial charge in [-0.15, -0.1) is 0 Å². The molecule has 13 heavy (non-hydrogen) atoms. The van der Waals surface area contributed by atoms with Gasteiger partial charge in [-0.05, 0) is 0 Å². The summed E-state index contributed by atoms with van der Waals surface area (Å²) >= 11 is 0. The summed E-state index contributed by atoms with van der Waals surface area (Å²) in [5, 5.41) is 3.03. The van der Waals surface area contributed by atoms with Gasteiger partial charge in [0.05, 0.1) is 18.4 Å². The monoisotopic (exact) mass is 179 g/mol. The van der Waals surface area contributed by atoms with Crippen LogP contribution in [0.1, 0.15) is 0 Å². The summed E-state index contributed by atoms with van der Waals surface area (Å²) in [5.74, 6) is 1.78. The van der Waals surface area contributed by atoms with Crippen molar-refractivity contribution >= 4 is 11.5 Å². The molecular formula is C9H13N3O. The second-order valence-electron chi connectivity index (χ2n) is 3.07. The molecule has 4 heteroatoms. The Morgan fingerprint density at radius 2 is 2.46 bits per heavy atom. The molecule has 1 aromatic heterocycles. The number of fused-ring (bicyclic) bond motifs is 1. The van der Waals surface area contributed by atoms with Crippen LogP contribution in [0.2, 0.25) is 0 Å². The van der Waals surface area contributed by atoms with E-state index in [1.165, 1.54) is 0 Å². The zero-order chi connectivity index (χ0) is 9.26. The van der Waals surface area contributed by atoms with Gasteiger partial charge in [0.1, 0.15) is 6.61 Å². The molecule has 1 aliphatic heterocycles. The lowest BCUT2D eigenvalue weighted by molar-refractivity contribution is 0.309. The van der Waals surface area contributed by atoms with Crippen LogP contribution < -0.4 is 15.0 Å². The summed E-state index contributed by atoms with van der Waals surface area (Å²) in [7, 11) is 3.89. The van der Waals surface area contributed by atoms with Crippen LogP contribution in [-0.4, -0.2) is 32.2 Å². The fraction of sp³-hybridized carbons (Fsp3) is 0.444. The number of aromatic nitrogens is 1. The Bertz CT molecular complexity index is 314. The zero-order valence-electron chi connectivity index (χ0n) is 7.87. The highest BCUT2D eigenvalue weighted by molar-refractivity contribution is 5.59. The van der Waals surface area contributed by atoms with Crippen molar-refractivity contribution in [3.8, 4) is 5.75 Å². The van der Waals surface area contributed by atoms with Crippen molar-refractivity contribution in [3.63, 3.8) is 0 Å². The van der Waals surface area contributed by atoms with Crippen molar-refractivity contribution in [3.05, 3.63) is 12.3 Å². The second kappa shape index (κ2) is 3.12. The van der Waals surface area contributed by atoms with E-state index in [2.05, 4.69) is 15.2 Å². The minimum Gasteiger partial charge on any atom is -0.488 e. The molecule has 0 atom stereocenters. The van der Waals surface area contributed by atoms with Crippen molar-refractivity contribution in [1.82, 2.24) is 4.98 Å². The molecule has 1 N–H and O–H groups in total. The molecule has 0 saturated carbocycles. The molecule has 0 radical (unpaired) electrons. The molecule has 0 spiro atoms. The van der Waals surface area contributed by atoms with E-state index >= 15 is 0 Å². The number of rotatable bonds is 1. The van der Waals surface area contributed by atoms with E-state index in [-0.39, 0.29) is 0 Å². The van der Waals surface area contributed by atoms with E-state index < -0.39 is 0 Å². The Hall–Kier alpha value is -1.45. The smallest absolute Gasteiger partial charge is 0.171 e. The number of hydrogen-bond donors (Lipinski definition) is 1. The maximum absolute atomic E-state index is 5.49. The summed E-state index contributed by atoms with van der Waals surface area (Å²) in [4.78, 5) is 6.40. The lowest BCUT2D eigenvalue weighted by Gasteiger charge is -2.26. The van der Waals surface area contributed by atoms with E-state index in [4.69, 9.17) is 4.74 Å². The minimum atomic E-state index is 0.734. The quantitative estimate of drug-likeness (QED) is 0.696. The molecule has 70 valence electrons. The SMILES string of the molecule is CNc1cnc2c(c1)OCCN2C. The summed E-state index contributed by atoms with van der Waals surface area (Å²) < 4.78 is 5.49. The molecule has 4 nitrogen and oxygen atoms in total. The number of nitrogens with one attached hydrogen (secondary N) is 1. The first kappa shape index (κ1) is 8.16. The van der Waals surface area contributed by atoms with Gasteiger partial charge in [-0.1, -0.05) is 0 Å². The average Bonchev–Trinajstić information content (AvgIpc) is 2.18. The maximum atomic E-state index is 5.49. The third-order valence-corrected chi connectivity index (χ3v) is 2.17. The van der Waals surface area contributed by atoms with Crippen molar-refractivity contribution in [2.45, 2.75) is 0 Å². The topological polar surface area (TPSA) is 37.4 Å². The maximum Gasteiger partial charge on any atom is 0.171 e. The van der Waals surface area contributed by atoms with Crippen molar-refractivity contribution < 1.29 is 4.74 Å². The number of hydrogen-bond acceptors (Lipinski definition) is 4. The predicted octanol–water partition coefficient (Wildman–Crippen LogP) is 0.952. The first-order valence-corrected chi connectivity index (χ1v) is 4.33. The number of anilines is 2. The van der Waals surface area contributed by atoms with Gasteiger partial charge in [0.2, 0.25) is 0 Å². The van der Waals surface area contributed by atoms with Gasteiger partial charge < -0.3 is 15.0 Å². The number of likely N-dealkylation sites (N-methyl/N-ethyl adjacent to an activating group) is 1. The molecule has 0 aliphatic carbocycles. The highest BCUT2D eigenvalue weighted by atomic mass is 16.5. The lowest BCUT2D eigenvalue weighted by Crippen LogP contribution is -2.29. The summed E-state index contributed by atoms with van der Waals surface area (Å²) in [5.41, 5.74) is 0.981. The molecule has 0 aromatic carbocycles. The molecule has 0 bridgehead atoms. The first-order chi connectivity index (χ1) is 6.31. The highest BCUT2D eigenvalue weighted by Crippen LogP contribution is 2.30. The van der Waals surface area contributed by atoms with Crippen LogP contribution >= 0.6 is 0 Å². The largest absolute Gasteiger partial charge is 0.488 e. The van der Waals surface area contributed by atoms with E-state index in [0.29, 0.717) is 0 Å². The number of nitrogens with zero attached hydrogens (tertiary/aromatic N) is 2. The Balaban J connectivity index is 2.39. The predicted molar refractivity (Wildman–Crippen MR) is 52.5 cm³/mol. The van der Waals surface area contributed by atoms with Crippen LogP contribution in [0, 0.1) is 0 Å². The summed E-state index contributed by atoms with van der Waals surface area (Å²) in [6.07, 6.45) is 1.81. The molecule has 1 aliphatic rings. The zero-order valence-corrected chi connectivity index (χ0v) is 7.87. The van der Waals surface area contributed by atoms with Crippen LogP contribution in [0.15, 0.2) is 12.3 Å². The average molecular weight is 179 g/mol. The van der Waals surface area contributed by atoms with Crippen molar-refractivity contribution in [2.24, 2.45) is 0 Å². The Morgan fingerprint density at radius 1 is 1.62 bits per heavy atom. The Morgan fingerprint density at radius 3 is 3.23 bits per heavy atom. The molecule has 0 amide bonds. The fourth-order valence-corrected chi connectivity index (χ4v) is 1.37. The summed E-state index contributed by atoms with van der Waals surface area (Å²) in [6.45, 7) is 1.64. The first-order valence-electron chi connectivity index (χ1n) is 4.33. The van der Waals surface area contributed by atoms with Crippen molar-refractivity contribution in [2.75, 3.05) is 37.5 Å². The fourth-order valence-electron chi connectivity index (χ4n) is 1.37. The standard InChI is InChI=1S/C9H13N3O/c1-10-7-5-8-9(11-6-7)12(2)3-4-13-8/h5-6,10H,3-4H2,1-2H3. The van der Waals surface area contributed by atoms with Crippen LogP contribution in [0.4, 0.5) is 11.5 Å². The molecule has 0 saturated heterocycles. The Kier molecular flexibility index (Phi) is 1.96. The Labute approximate surface area is 77.5 Å². The second-order valence-corrected chi connectivity index (χ2v) is 3.07. The van der Waals surface area contributed by atoms with Crippen LogP contribution in [0.3, 0.4) is 0 Å². The third kappa shape index (κ3) is 1.39. The van der Waals surface area contributed by atoms with E-state index in [1.807, 2.05) is 26.4 Å². The van der Waals surface area contributed by atoms with E-state index in [1.54, 1.807) is 0 Å². The molecular weight excluding hydrogens is 166 g/mol. The van der Waals surface area contributed by atoms with Gasteiger partial charge in [-0.25, -0.2) is 4.98 Å². The molecule has 1 aromatic rings. The molecule has 0 unspecified atom stereocenters. The van der Waals surface area contributed by atoms with E-state index in [9.17, 15) is 0 Å². The van der Waals surface area contributed by atoms with Crippen LogP contribution in [-0.2, 0) is 0 Å². The van der Waals surface area contributed by atoms with Gasteiger partial charge in [-0.2, -0.15) is 0 Å². The normalized spacial score (nSPS) is 14.8. The number of pyridine rings is 1. The minimum absolute atomic E-state index is 0.734. The van der Waals surface area contributed by atoms with Gasteiger partial charge >= 0.3 is 0 Å². The van der Waals surface area contributed by atoms with Crippen molar-refractivity contribution in [1.29, 1.82) is 0 Å². The number of ether oxygens (including phenoxy) is 1. The van der Waals surface area contributed by atoms with Gasteiger partial charge in [-0.3, -0.25) is 0 Å². The van der Waals surface area contributed by atoms with E-state index in [0.717, 1.165) is 30.4 Å². The van der Waals surface area contributed by atoms with Gasteiger partial charge in [0.25, 0.3) is 0 Å². The van der Waals surface area contributed by atoms with Crippen LogP contribution in [0.5, 0.6) is 5.75 Å². The van der Waals surface area contributed by atoms with Gasteiger partial charge in [0.15, 0.2) is 11.6 Å².